The van der Waals surface area contributed by atoms with Gasteiger partial charge in [0.1, 0.15) is 0 Å². The van der Waals surface area contributed by atoms with Gasteiger partial charge in [-0.2, -0.15) is 5.10 Å². The predicted molar refractivity (Wildman–Crippen MR) is 145 cm³/mol. The summed E-state index contributed by atoms with van der Waals surface area (Å²) < 4.78 is 11.1. The van der Waals surface area contributed by atoms with Gasteiger partial charge in [-0.25, -0.2) is 5.01 Å². The topological polar surface area (TPSA) is 106 Å². The third-order valence-electron chi connectivity index (χ3n) is 5.53. The molecule has 1 atom stereocenters. The SMILES string of the molecule is CCOc1cc(C2=NN(Cc3ccc(NC(=O)c4ccc(Cl)nn4)cc3)C(=O)SC2CC)ccc1OC. The monoisotopic (exact) mass is 539 g/mol. The molecule has 1 aromatic heterocycles. The van der Waals surface area contributed by atoms with Crippen LogP contribution >= 0.6 is 23.4 Å². The van der Waals surface area contributed by atoms with Gasteiger partial charge < -0.3 is 14.8 Å². The molecule has 9 nitrogen and oxygen atoms in total. The Morgan fingerprint density at radius 2 is 1.86 bits per heavy atom. The van der Waals surface area contributed by atoms with Crippen LogP contribution in [0.2, 0.25) is 5.15 Å². The number of hydrogen-bond donors (Lipinski definition) is 1. The first-order valence-electron chi connectivity index (χ1n) is 11.7. The Balaban J connectivity index is 1.51. The third-order valence-corrected chi connectivity index (χ3v) is 6.98. The van der Waals surface area contributed by atoms with E-state index in [-0.39, 0.29) is 27.9 Å². The summed E-state index contributed by atoms with van der Waals surface area (Å²) in [5, 5.41) is 16.5. The molecule has 0 radical (unpaired) electrons. The molecule has 0 saturated carbocycles. The van der Waals surface area contributed by atoms with Crippen molar-refractivity contribution in [3.8, 4) is 11.5 Å². The highest BCUT2D eigenvalue weighted by atomic mass is 35.5. The Hall–Kier alpha value is -3.63. The Labute approximate surface area is 224 Å². The molecule has 37 heavy (non-hydrogen) atoms. The molecule has 0 saturated heterocycles. The Morgan fingerprint density at radius 1 is 1.08 bits per heavy atom. The summed E-state index contributed by atoms with van der Waals surface area (Å²) in [5.41, 5.74) is 3.29. The molecule has 0 fully saturated rings. The number of nitrogens with zero attached hydrogens (tertiary/aromatic N) is 4. The van der Waals surface area contributed by atoms with Crippen molar-refractivity contribution in [3.63, 3.8) is 0 Å². The summed E-state index contributed by atoms with van der Waals surface area (Å²) in [6.07, 6.45) is 0.755. The number of methoxy groups -OCH3 is 1. The van der Waals surface area contributed by atoms with Gasteiger partial charge in [0, 0.05) is 11.3 Å². The summed E-state index contributed by atoms with van der Waals surface area (Å²) in [5.74, 6) is 0.881. The largest absolute Gasteiger partial charge is 0.493 e. The second-order valence-corrected chi connectivity index (χ2v) is 9.56. The van der Waals surface area contributed by atoms with Crippen molar-refractivity contribution < 1.29 is 19.1 Å². The van der Waals surface area contributed by atoms with Crippen molar-refractivity contribution in [1.29, 1.82) is 0 Å². The zero-order valence-corrected chi connectivity index (χ0v) is 22.2. The molecule has 0 spiro atoms. The molecule has 2 heterocycles. The van der Waals surface area contributed by atoms with Crippen molar-refractivity contribution >= 4 is 45.9 Å². The molecule has 192 valence electrons. The number of ether oxygens (including phenoxy) is 2. The van der Waals surface area contributed by atoms with Gasteiger partial charge in [0.05, 0.1) is 31.2 Å². The molecule has 1 unspecified atom stereocenters. The second-order valence-electron chi connectivity index (χ2n) is 8.01. The van der Waals surface area contributed by atoms with Crippen LogP contribution in [0.5, 0.6) is 11.5 Å². The van der Waals surface area contributed by atoms with E-state index in [4.69, 9.17) is 26.2 Å². The molecule has 11 heteroatoms. The fraction of sp³-hybridized carbons (Fsp3) is 0.269. The minimum Gasteiger partial charge on any atom is -0.493 e. The summed E-state index contributed by atoms with van der Waals surface area (Å²) in [6.45, 7) is 4.74. The number of hydrazone groups is 1. The maximum Gasteiger partial charge on any atom is 0.302 e. The Morgan fingerprint density at radius 3 is 2.51 bits per heavy atom. The molecular weight excluding hydrogens is 514 g/mol. The highest BCUT2D eigenvalue weighted by Crippen LogP contribution is 2.34. The van der Waals surface area contributed by atoms with Gasteiger partial charge in [-0.1, -0.05) is 42.4 Å². The van der Waals surface area contributed by atoms with Crippen LogP contribution in [-0.4, -0.2) is 51.0 Å². The first-order valence-corrected chi connectivity index (χ1v) is 12.9. The minimum absolute atomic E-state index is 0.0693. The lowest BCUT2D eigenvalue weighted by atomic mass is 10.0. The predicted octanol–water partition coefficient (Wildman–Crippen LogP) is 5.64. The van der Waals surface area contributed by atoms with Crippen LogP contribution in [0.4, 0.5) is 10.5 Å². The number of carbonyl (C=O) groups is 2. The van der Waals surface area contributed by atoms with E-state index in [9.17, 15) is 9.59 Å². The smallest absolute Gasteiger partial charge is 0.302 e. The van der Waals surface area contributed by atoms with E-state index < -0.39 is 5.91 Å². The fourth-order valence-electron chi connectivity index (χ4n) is 3.70. The molecule has 0 aliphatic carbocycles. The second kappa shape index (κ2) is 12.1. The number of anilines is 1. The van der Waals surface area contributed by atoms with E-state index in [0.29, 0.717) is 23.8 Å². The number of amides is 2. The Kier molecular flexibility index (Phi) is 8.62. The molecule has 2 aromatic carbocycles. The number of hydrogen-bond acceptors (Lipinski definition) is 8. The molecule has 2 amide bonds. The van der Waals surface area contributed by atoms with E-state index in [1.807, 2.05) is 44.2 Å². The highest BCUT2D eigenvalue weighted by Gasteiger charge is 2.30. The van der Waals surface area contributed by atoms with Gasteiger partial charge in [-0.05, 0) is 61.4 Å². The van der Waals surface area contributed by atoms with Crippen LogP contribution < -0.4 is 14.8 Å². The normalized spacial score (nSPS) is 15.2. The van der Waals surface area contributed by atoms with Gasteiger partial charge in [-0.3, -0.25) is 9.59 Å². The molecule has 1 aliphatic heterocycles. The maximum atomic E-state index is 12.9. The van der Waals surface area contributed by atoms with Crippen molar-refractivity contribution in [2.45, 2.75) is 32.1 Å². The minimum atomic E-state index is -0.398. The van der Waals surface area contributed by atoms with Gasteiger partial charge in [0.2, 0.25) is 0 Å². The zero-order valence-electron chi connectivity index (χ0n) is 20.6. The standard InChI is InChI=1S/C26H26ClN5O4S/c1-4-22-24(17-8-12-20(35-3)21(14-17)36-5-2)31-32(26(34)37-22)15-16-6-9-18(10-7-16)28-25(33)19-11-13-23(27)30-29-19/h6-14,22H,4-5,15H2,1-3H3,(H,28,33). The quantitative estimate of drug-likeness (QED) is 0.375. The summed E-state index contributed by atoms with van der Waals surface area (Å²) in [6, 6.07) is 15.9. The molecule has 1 aliphatic rings. The van der Waals surface area contributed by atoms with Crippen LogP contribution in [0, 0.1) is 0 Å². The average Bonchev–Trinajstić information content (AvgIpc) is 2.91. The van der Waals surface area contributed by atoms with Gasteiger partial charge in [0.15, 0.2) is 22.3 Å². The molecular formula is C26H26ClN5O4S. The first-order chi connectivity index (χ1) is 17.9. The van der Waals surface area contributed by atoms with Gasteiger partial charge in [-0.15, -0.1) is 10.2 Å². The third kappa shape index (κ3) is 6.39. The van der Waals surface area contributed by atoms with E-state index in [2.05, 4.69) is 15.5 Å². The van der Waals surface area contributed by atoms with E-state index in [1.54, 1.807) is 19.2 Å². The fourth-order valence-corrected chi connectivity index (χ4v) is 4.73. The van der Waals surface area contributed by atoms with E-state index >= 15 is 0 Å². The van der Waals surface area contributed by atoms with E-state index in [0.717, 1.165) is 23.3 Å². The number of rotatable bonds is 9. The van der Waals surface area contributed by atoms with Gasteiger partial charge in [0.25, 0.3) is 5.91 Å². The van der Waals surface area contributed by atoms with Crippen molar-refractivity contribution in [2.24, 2.45) is 5.10 Å². The van der Waals surface area contributed by atoms with E-state index in [1.165, 1.54) is 28.9 Å². The molecule has 3 aromatic rings. The van der Waals surface area contributed by atoms with Crippen LogP contribution in [-0.2, 0) is 6.54 Å². The van der Waals surface area contributed by atoms with Crippen LogP contribution in [0.25, 0.3) is 0 Å². The van der Waals surface area contributed by atoms with Crippen LogP contribution in [0.3, 0.4) is 0 Å². The van der Waals surface area contributed by atoms with Gasteiger partial charge >= 0.3 is 5.24 Å². The number of nitrogens with one attached hydrogen (secondary N) is 1. The lowest BCUT2D eigenvalue weighted by molar-refractivity contribution is 0.102. The number of benzene rings is 2. The number of thioether (sulfide) groups is 1. The summed E-state index contributed by atoms with van der Waals surface area (Å²) in [4.78, 5) is 25.2. The average molecular weight is 540 g/mol. The summed E-state index contributed by atoms with van der Waals surface area (Å²) >= 11 is 6.98. The lowest BCUT2D eigenvalue weighted by Gasteiger charge is -2.28. The van der Waals surface area contributed by atoms with Crippen LogP contribution in [0.15, 0.2) is 59.7 Å². The number of halogens is 1. The van der Waals surface area contributed by atoms with Crippen molar-refractivity contribution in [2.75, 3.05) is 19.0 Å². The number of carbonyl (C=O) groups excluding carboxylic acids is 2. The van der Waals surface area contributed by atoms with Crippen molar-refractivity contribution in [3.05, 3.63) is 76.6 Å². The first kappa shape index (κ1) is 26.4. The highest BCUT2D eigenvalue weighted by molar-refractivity contribution is 8.14. The number of aromatic nitrogens is 2. The van der Waals surface area contributed by atoms with Crippen LogP contribution in [0.1, 0.15) is 41.9 Å². The molecule has 4 rings (SSSR count). The lowest BCUT2D eigenvalue weighted by Crippen LogP contribution is -2.34. The molecule has 0 bridgehead atoms. The Bertz CT molecular complexity index is 1300. The van der Waals surface area contributed by atoms with Crippen molar-refractivity contribution in [1.82, 2.24) is 15.2 Å². The maximum absolute atomic E-state index is 12.9. The molecule has 1 N–H and O–H groups in total. The zero-order chi connectivity index (χ0) is 26.4. The summed E-state index contributed by atoms with van der Waals surface area (Å²) in [7, 11) is 1.60.